The van der Waals surface area contributed by atoms with E-state index in [9.17, 15) is 0 Å². The van der Waals surface area contributed by atoms with Crippen molar-refractivity contribution in [2.45, 2.75) is 19.9 Å². The summed E-state index contributed by atoms with van der Waals surface area (Å²) >= 11 is 7.95. The van der Waals surface area contributed by atoms with Crippen LogP contribution in [0.1, 0.15) is 17.4 Å². The molecule has 0 radical (unpaired) electrons. The third-order valence-corrected chi connectivity index (χ3v) is 5.37. The van der Waals surface area contributed by atoms with E-state index >= 15 is 0 Å². The number of aryl methyl sites for hydroxylation is 1. The lowest BCUT2D eigenvalue weighted by atomic mass is 10.2. The van der Waals surface area contributed by atoms with Crippen LogP contribution in [-0.2, 0) is 13.0 Å². The van der Waals surface area contributed by atoms with Gasteiger partial charge < -0.3 is 4.98 Å². The highest BCUT2D eigenvalue weighted by Gasteiger charge is 2.10. The Labute approximate surface area is 147 Å². The van der Waals surface area contributed by atoms with Gasteiger partial charge in [-0.3, -0.25) is 0 Å². The van der Waals surface area contributed by atoms with Crippen LogP contribution >= 0.6 is 22.9 Å². The minimum Gasteiger partial charge on any atom is -0.345 e. The summed E-state index contributed by atoms with van der Waals surface area (Å²) < 4.78 is 0. The van der Waals surface area contributed by atoms with Gasteiger partial charge in [0.25, 0.3) is 0 Å². The van der Waals surface area contributed by atoms with E-state index < -0.39 is 0 Å². The van der Waals surface area contributed by atoms with Crippen molar-refractivity contribution in [3.8, 4) is 0 Å². The highest BCUT2D eigenvalue weighted by molar-refractivity contribution is 7.18. The maximum absolute atomic E-state index is 6.29. The van der Waals surface area contributed by atoms with Crippen LogP contribution in [-0.4, -0.2) is 15.0 Å². The molecule has 0 unspecified atom stereocenters. The quantitative estimate of drug-likeness (QED) is 0.479. The number of nitrogens with one attached hydrogen (secondary N) is 1. The van der Waals surface area contributed by atoms with Crippen LogP contribution in [0.15, 0.2) is 46.9 Å². The van der Waals surface area contributed by atoms with E-state index in [0.29, 0.717) is 17.5 Å². The minimum absolute atomic E-state index is 0.402. The van der Waals surface area contributed by atoms with Gasteiger partial charge in [-0.1, -0.05) is 36.7 Å². The highest BCUT2D eigenvalue weighted by atomic mass is 35.5. The molecule has 3 aromatic heterocycles. The Morgan fingerprint density at radius 2 is 2.08 bits per heavy atom. The topological polar surface area (TPSA) is 66.3 Å². The van der Waals surface area contributed by atoms with Gasteiger partial charge in [0.15, 0.2) is 5.82 Å². The van der Waals surface area contributed by atoms with E-state index in [1.165, 1.54) is 11.2 Å². The molecular formula is C17H14ClN5S. The van der Waals surface area contributed by atoms with Crippen molar-refractivity contribution in [1.82, 2.24) is 15.0 Å². The molecule has 5 nitrogen and oxygen atoms in total. The molecule has 24 heavy (non-hydrogen) atoms. The number of aromatic nitrogens is 3. The summed E-state index contributed by atoms with van der Waals surface area (Å²) in [5, 5.41) is 11.3. The number of thiophene rings is 1. The zero-order valence-electron chi connectivity index (χ0n) is 13.0. The lowest BCUT2D eigenvalue weighted by Gasteiger charge is -1.96. The van der Waals surface area contributed by atoms with Crippen molar-refractivity contribution in [3.05, 3.63) is 52.3 Å². The number of azo groups is 1. The Bertz CT molecular complexity index is 1050. The zero-order chi connectivity index (χ0) is 16.5. The fourth-order valence-electron chi connectivity index (χ4n) is 2.64. The van der Waals surface area contributed by atoms with Crippen molar-refractivity contribution in [3.63, 3.8) is 0 Å². The fourth-order valence-corrected chi connectivity index (χ4v) is 3.83. The maximum Gasteiger partial charge on any atom is 0.185 e. The number of H-pyrrole nitrogens is 1. The molecule has 0 aliphatic carbocycles. The molecule has 4 aromatic rings. The van der Waals surface area contributed by atoms with E-state index in [1.807, 2.05) is 24.3 Å². The molecule has 0 saturated heterocycles. The molecule has 7 heteroatoms. The predicted molar refractivity (Wildman–Crippen MR) is 98.3 cm³/mol. The average molecular weight is 356 g/mol. The van der Waals surface area contributed by atoms with Gasteiger partial charge in [0, 0.05) is 21.3 Å². The van der Waals surface area contributed by atoms with Gasteiger partial charge in [-0.2, -0.15) is 5.11 Å². The molecule has 0 fully saturated rings. The molecule has 1 aromatic carbocycles. The lowest BCUT2D eigenvalue weighted by molar-refractivity contribution is 0.954. The molecule has 0 aliphatic heterocycles. The van der Waals surface area contributed by atoms with Crippen molar-refractivity contribution in [2.24, 2.45) is 10.2 Å². The summed E-state index contributed by atoms with van der Waals surface area (Å²) in [5.74, 6) is 0.604. The number of hydrogen-bond acceptors (Lipinski definition) is 5. The standard InChI is InChI=1S/C17H14ClN5S/c1-2-10-7-12-16(19-9-20-17(12)24-10)23-21-8-13-11-5-3-4-6-14(11)22-15(13)18/h3-7,9,22H,2,8H2,1H3. The normalized spacial score (nSPS) is 11.9. The number of halogens is 1. The smallest absolute Gasteiger partial charge is 0.185 e. The number of rotatable bonds is 4. The first kappa shape index (κ1) is 15.2. The number of para-hydroxylation sites is 1. The van der Waals surface area contributed by atoms with Crippen LogP contribution in [0.2, 0.25) is 5.15 Å². The Morgan fingerprint density at radius 3 is 2.96 bits per heavy atom. The summed E-state index contributed by atoms with van der Waals surface area (Å²) in [6.07, 6.45) is 2.51. The summed E-state index contributed by atoms with van der Waals surface area (Å²) in [5.41, 5.74) is 1.95. The third-order valence-electron chi connectivity index (χ3n) is 3.86. The first-order valence-electron chi connectivity index (χ1n) is 7.62. The fraction of sp³-hybridized carbons (Fsp3) is 0.176. The molecule has 120 valence electrons. The first-order valence-corrected chi connectivity index (χ1v) is 8.81. The Balaban J connectivity index is 1.66. The van der Waals surface area contributed by atoms with E-state index in [1.54, 1.807) is 11.3 Å². The Hall–Kier alpha value is -2.31. The van der Waals surface area contributed by atoms with E-state index in [-0.39, 0.29) is 0 Å². The largest absolute Gasteiger partial charge is 0.345 e. The van der Waals surface area contributed by atoms with Crippen molar-refractivity contribution >= 4 is 49.9 Å². The van der Waals surface area contributed by atoms with Gasteiger partial charge in [0.1, 0.15) is 16.3 Å². The Kier molecular flexibility index (Phi) is 4.00. The SMILES string of the molecule is CCc1cc2c(N=NCc3c(Cl)[nH]c4ccccc34)ncnc2s1. The third kappa shape index (κ3) is 2.68. The summed E-state index contributed by atoms with van der Waals surface area (Å²) in [6, 6.07) is 10.1. The molecule has 1 N–H and O–H groups in total. The molecule has 0 atom stereocenters. The van der Waals surface area contributed by atoms with Crippen LogP contribution < -0.4 is 0 Å². The highest BCUT2D eigenvalue weighted by Crippen LogP contribution is 2.31. The van der Waals surface area contributed by atoms with Gasteiger partial charge in [-0.15, -0.1) is 16.5 Å². The predicted octanol–water partition coefficient (Wildman–Crippen LogP) is 5.67. The van der Waals surface area contributed by atoms with Crippen LogP contribution in [0.4, 0.5) is 5.82 Å². The monoisotopic (exact) mass is 355 g/mol. The van der Waals surface area contributed by atoms with Crippen molar-refractivity contribution in [2.75, 3.05) is 0 Å². The number of aromatic amines is 1. The molecule has 0 spiro atoms. The second-order valence-electron chi connectivity index (χ2n) is 5.35. The van der Waals surface area contributed by atoms with E-state index in [2.05, 4.69) is 38.2 Å². The summed E-state index contributed by atoms with van der Waals surface area (Å²) in [4.78, 5) is 13.9. The van der Waals surface area contributed by atoms with Crippen molar-refractivity contribution in [1.29, 1.82) is 0 Å². The van der Waals surface area contributed by atoms with Gasteiger partial charge in [0.2, 0.25) is 0 Å². The molecule has 3 heterocycles. The number of fused-ring (bicyclic) bond motifs is 2. The maximum atomic E-state index is 6.29. The Morgan fingerprint density at radius 1 is 1.21 bits per heavy atom. The molecule has 0 aliphatic rings. The zero-order valence-corrected chi connectivity index (χ0v) is 14.5. The number of nitrogens with zero attached hydrogens (tertiary/aromatic N) is 4. The van der Waals surface area contributed by atoms with Crippen LogP contribution in [0.3, 0.4) is 0 Å². The molecule has 0 amide bonds. The molecule has 0 saturated carbocycles. The van der Waals surface area contributed by atoms with E-state index in [4.69, 9.17) is 11.6 Å². The van der Waals surface area contributed by atoms with Crippen molar-refractivity contribution < 1.29 is 0 Å². The minimum atomic E-state index is 0.402. The molecule has 0 bridgehead atoms. The number of hydrogen-bond donors (Lipinski definition) is 1. The second-order valence-corrected chi connectivity index (χ2v) is 6.84. The van der Waals surface area contributed by atoms with E-state index in [0.717, 1.165) is 33.1 Å². The van der Waals surface area contributed by atoms with Gasteiger partial charge in [0.05, 0.1) is 11.9 Å². The number of benzene rings is 1. The second kappa shape index (κ2) is 6.30. The van der Waals surface area contributed by atoms with Crippen LogP contribution in [0.25, 0.3) is 21.1 Å². The molecular weight excluding hydrogens is 342 g/mol. The van der Waals surface area contributed by atoms with Gasteiger partial charge in [-0.05, 0) is 18.6 Å². The van der Waals surface area contributed by atoms with Gasteiger partial charge in [-0.25, -0.2) is 9.97 Å². The molecule has 4 rings (SSSR count). The van der Waals surface area contributed by atoms with Crippen LogP contribution in [0.5, 0.6) is 0 Å². The van der Waals surface area contributed by atoms with Gasteiger partial charge >= 0.3 is 0 Å². The average Bonchev–Trinajstić information content (AvgIpc) is 3.16. The van der Waals surface area contributed by atoms with Crippen LogP contribution in [0, 0.1) is 0 Å². The summed E-state index contributed by atoms with van der Waals surface area (Å²) in [6.45, 7) is 2.53. The first-order chi connectivity index (χ1) is 11.8. The lowest BCUT2D eigenvalue weighted by Crippen LogP contribution is -1.81. The summed E-state index contributed by atoms with van der Waals surface area (Å²) in [7, 11) is 0.